The van der Waals surface area contributed by atoms with Crippen LogP contribution < -0.4 is 0 Å². The Morgan fingerprint density at radius 1 is 0.708 bits per heavy atom. The van der Waals surface area contributed by atoms with E-state index in [0.717, 1.165) is 12.0 Å². The molecule has 0 heterocycles. The van der Waals surface area contributed by atoms with Gasteiger partial charge in [0, 0.05) is 11.0 Å². The minimum Gasteiger partial charge on any atom is -0.508 e. The van der Waals surface area contributed by atoms with Crippen molar-refractivity contribution in [1.82, 2.24) is 0 Å². The zero-order valence-electron chi connectivity index (χ0n) is 14.6. The standard InChI is InChI=1S/C23H24O/c1-4-17-11-5-6-12-18(17)19-13-7-8-14-20(19)23(2,3)21-15-9-10-16-22(21)24/h5-16,24H,4H2,1-3H3. The highest BCUT2D eigenvalue weighted by molar-refractivity contribution is 5.73. The number of benzene rings is 3. The highest BCUT2D eigenvalue weighted by Gasteiger charge is 2.28. The highest BCUT2D eigenvalue weighted by atomic mass is 16.3. The third-order valence-corrected chi connectivity index (χ3v) is 4.87. The van der Waals surface area contributed by atoms with Gasteiger partial charge in [0.1, 0.15) is 5.75 Å². The summed E-state index contributed by atoms with van der Waals surface area (Å²) in [6, 6.07) is 24.7. The number of rotatable bonds is 4. The van der Waals surface area contributed by atoms with Gasteiger partial charge in [0.2, 0.25) is 0 Å². The van der Waals surface area contributed by atoms with Crippen molar-refractivity contribution in [2.24, 2.45) is 0 Å². The van der Waals surface area contributed by atoms with E-state index in [1.165, 1.54) is 22.3 Å². The molecule has 0 atom stereocenters. The fourth-order valence-corrected chi connectivity index (χ4v) is 3.50. The number of aryl methyl sites for hydroxylation is 1. The molecule has 0 saturated carbocycles. The minimum absolute atomic E-state index is 0.289. The van der Waals surface area contributed by atoms with Gasteiger partial charge in [-0.1, -0.05) is 87.5 Å². The van der Waals surface area contributed by atoms with Gasteiger partial charge in [0.25, 0.3) is 0 Å². The molecule has 0 aromatic heterocycles. The maximum Gasteiger partial charge on any atom is 0.119 e. The number of phenols is 1. The quantitative estimate of drug-likeness (QED) is 0.631. The van der Waals surface area contributed by atoms with Crippen LogP contribution in [0.15, 0.2) is 72.8 Å². The lowest BCUT2D eigenvalue weighted by Crippen LogP contribution is -2.20. The molecule has 3 aromatic rings. The number of hydrogen-bond donors (Lipinski definition) is 1. The summed E-state index contributed by atoms with van der Waals surface area (Å²) in [6.45, 7) is 6.54. The van der Waals surface area contributed by atoms with Crippen LogP contribution in [0, 0.1) is 0 Å². The molecule has 0 aliphatic carbocycles. The molecule has 3 aromatic carbocycles. The Labute approximate surface area is 144 Å². The van der Waals surface area contributed by atoms with Gasteiger partial charge in [0.05, 0.1) is 0 Å². The Morgan fingerprint density at radius 3 is 1.92 bits per heavy atom. The van der Waals surface area contributed by atoms with E-state index in [1.807, 2.05) is 18.2 Å². The van der Waals surface area contributed by atoms with Crippen LogP contribution in [0.25, 0.3) is 11.1 Å². The Balaban J connectivity index is 2.22. The van der Waals surface area contributed by atoms with Crippen molar-refractivity contribution >= 4 is 0 Å². The molecule has 0 saturated heterocycles. The summed E-state index contributed by atoms with van der Waals surface area (Å²) in [7, 11) is 0. The van der Waals surface area contributed by atoms with E-state index in [2.05, 4.69) is 69.3 Å². The van der Waals surface area contributed by atoms with Gasteiger partial charge in [0.15, 0.2) is 0 Å². The lowest BCUT2D eigenvalue weighted by molar-refractivity contribution is 0.453. The summed E-state index contributed by atoms with van der Waals surface area (Å²) in [5.74, 6) is 0.348. The third kappa shape index (κ3) is 2.82. The van der Waals surface area contributed by atoms with Gasteiger partial charge in [-0.25, -0.2) is 0 Å². The molecule has 0 spiro atoms. The monoisotopic (exact) mass is 316 g/mol. The molecule has 0 aliphatic heterocycles. The van der Waals surface area contributed by atoms with Crippen LogP contribution in [0.5, 0.6) is 5.75 Å². The summed E-state index contributed by atoms with van der Waals surface area (Å²) in [5.41, 5.74) is 5.75. The van der Waals surface area contributed by atoms with Gasteiger partial charge < -0.3 is 5.11 Å². The zero-order valence-corrected chi connectivity index (χ0v) is 14.6. The van der Waals surface area contributed by atoms with Crippen LogP contribution in [-0.2, 0) is 11.8 Å². The van der Waals surface area contributed by atoms with E-state index < -0.39 is 0 Å². The van der Waals surface area contributed by atoms with Crippen LogP contribution >= 0.6 is 0 Å². The first-order valence-corrected chi connectivity index (χ1v) is 8.52. The lowest BCUT2D eigenvalue weighted by atomic mass is 9.74. The average Bonchev–Trinajstić information content (AvgIpc) is 2.62. The Kier molecular flexibility index (Phi) is 4.44. The van der Waals surface area contributed by atoms with Crippen molar-refractivity contribution in [2.75, 3.05) is 0 Å². The van der Waals surface area contributed by atoms with Crippen molar-refractivity contribution < 1.29 is 5.11 Å². The predicted molar refractivity (Wildman–Crippen MR) is 101 cm³/mol. The van der Waals surface area contributed by atoms with E-state index in [1.54, 1.807) is 6.07 Å². The average molecular weight is 316 g/mol. The predicted octanol–water partition coefficient (Wildman–Crippen LogP) is 5.95. The van der Waals surface area contributed by atoms with E-state index in [4.69, 9.17) is 0 Å². The van der Waals surface area contributed by atoms with E-state index in [-0.39, 0.29) is 5.41 Å². The molecule has 1 N–H and O–H groups in total. The normalized spacial score (nSPS) is 11.5. The molecule has 122 valence electrons. The SMILES string of the molecule is CCc1ccccc1-c1ccccc1C(C)(C)c1ccccc1O. The molecule has 0 radical (unpaired) electrons. The van der Waals surface area contributed by atoms with Crippen LogP contribution in [0.1, 0.15) is 37.5 Å². The van der Waals surface area contributed by atoms with E-state index in [0.29, 0.717) is 5.75 Å². The molecule has 24 heavy (non-hydrogen) atoms. The summed E-state index contributed by atoms with van der Waals surface area (Å²) in [5, 5.41) is 10.4. The second-order valence-electron chi connectivity index (χ2n) is 6.70. The van der Waals surface area contributed by atoms with Crippen molar-refractivity contribution in [2.45, 2.75) is 32.6 Å². The van der Waals surface area contributed by atoms with Crippen molar-refractivity contribution in [1.29, 1.82) is 0 Å². The molecular weight excluding hydrogens is 292 g/mol. The van der Waals surface area contributed by atoms with Gasteiger partial charge in [-0.3, -0.25) is 0 Å². The third-order valence-electron chi connectivity index (χ3n) is 4.87. The first-order chi connectivity index (χ1) is 11.6. The second-order valence-corrected chi connectivity index (χ2v) is 6.70. The van der Waals surface area contributed by atoms with Crippen LogP contribution in [0.2, 0.25) is 0 Å². The summed E-state index contributed by atoms with van der Waals surface area (Å²) < 4.78 is 0. The van der Waals surface area contributed by atoms with Gasteiger partial charge in [-0.2, -0.15) is 0 Å². The van der Waals surface area contributed by atoms with Crippen molar-refractivity contribution in [3.63, 3.8) is 0 Å². The maximum absolute atomic E-state index is 10.4. The number of hydrogen-bond acceptors (Lipinski definition) is 1. The zero-order chi connectivity index (χ0) is 17.2. The molecule has 3 rings (SSSR count). The number of para-hydroxylation sites is 1. The summed E-state index contributed by atoms with van der Waals surface area (Å²) in [6.07, 6.45) is 1.00. The highest BCUT2D eigenvalue weighted by Crippen LogP contribution is 2.41. The minimum atomic E-state index is -0.289. The van der Waals surface area contributed by atoms with Crippen molar-refractivity contribution in [3.05, 3.63) is 89.5 Å². The van der Waals surface area contributed by atoms with Gasteiger partial charge in [-0.05, 0) is 34.7 Å². The van der Waals surface area contributed by atoms with Crippen LogP contribution in [0.4, 0.5) is 0 Å². The molecule has 1 heteroatoms. The largest absolute Gasteiger partial charge is 0.508 e. The second kappa shape index (κ2) is 6.52. The van der Waals surface area contributed by atoms with Gasteiger partial charge >= 0.3 is 0 Å². The topological polar surface area (TPSA) is 20.2 Å². The number of aromatic hydroxyl groups is 1. The summed E-state index contributed by atoms with van der Waals surface area (Å²) in [4.78, 5) is 0. The van der Waals surface area contributed by atoms with Gasteiger partial charge in [-0.15, -0.1) is 0 Å². The smallest absolute Gasteiger partial charge is 0.119 e. The van der Waals surface area contributed by atoms with Crippen LogP contribution in [-0.4, -0.2) is 5.11 Å². The van der Waals surface area contributed by atoms with E-state index >= 15 is 0 Å². The van der Waals surface area contributed by atoms with Crippen molar-refractivity contribution in [3.8, 4) is 16.9 Å². The van der Waals surface area contributed by atoms with E-state index in [9.17, 15) is 5.11 Å². The molecule has 0 fully saturated rings. The molecular formula is C23H24O. The molecule has 0 amide bonds. The fraction of sp³-hybridized carbons (Fsp3) is 0.217. The first kappa shape index (κ1) is 16.3. The Hall–Kier alpha value is -2.54. The lowest BCUT2D eigenvalue weighted by Gasteiger charge is -2.29. The molecule has 0 bridgehead atoms. The van der Waals surface area contributed by atoms with Crippen LogP contribution in [0.3, 0.4) is 0 Å². The fourth-order valence-electron chi connectivity index (χ4n) is 3.50. The molecule has 0 aliphatic rings. The molecule has 0 unspecified atom stereocenters. The number of phenolic OH excluding ortho intramolecular Hbond substituents is 1. The maximum atomic E-state index is 10.4. The first-order valence-electron chi connectivity index (χ1n) is 8.52. The Morgan fingerprint density at radius 2 is 1.25 bits per heavy atom. The molecule has 1 nitrogen and oxygen atoms in total. The Bertz CT molecular complexity index is 846. The summed E-state index contributed by atoms with van der Waals surface area (Å²) >= 11 is 0.